The molecule has 0 spiro atoms. The summed E-state index contributed by atoms with van der Waals surface area (Å²) in [6.45, 7) is 2.00. The van der Waals surface area contributed by atoms with Crippen molar-refractivity contribution in [2.45, 2.75) is 19.4 Å². The Bertz CT molecular complexity index is 683. The molecule has 0 radical (unpaired) electrons. The number of anilines is 1. The van der Waals surface area contributed by atoms with Crippen LogP contribution in [0.4, 0.5) is 5.69 Å². The van der Waals surface area contributed by atoms with Crippen molar-refractivity contribution in [2.75, 3.05) is 11.4 Å². The van der Waals surface area contributed by atoms with E-state index in [-0.39, 0.29) is 24.4 Å². The van der Waals surface area contributed by atoms with Crippen molar-refractivity contribution in [2.24, 2.45) is 0 Å². The summed E-state index contributed by atoms with van der Waals surface area (Å²) >= 11 is 0. The van der Waals surface area contributed by atoms with Crippen LogP contribution in [-0.4, -0.2) is 29.4 Å². The van der Waals surface area contributed by atoms with Gasteiger partial charge in [0, 0.05) is 18.1 Å². The van der Waals surface area contributed by atoms with Crippen LogP contribution in [0.1, 0.15) is 18.1 Å². The second kappa shape index (κ2) is 5.97. The minimum absolute atomic E-state index is 0.205. The zero-order valence-electron chi connectivity index (χ0n) is 12.3. The van der Waals surface area contributed by atoms with Gasteiger partial charge in [0.15, 0.2) is 0 Å². The van der Waals surface area contributed by atoms with Crippen molar-refractivity contribution in [3.63, 3.8) is 0 Å². The Morgan fingerprint density at radius 1 is 1.09 bits per heavy atom. The summed E-state index contributed by atoms with van der Waals surface area (Å²) in [5.74, 6) is -0.513. The first-order valence-electron chi connectivity index (χ1n) is 7.21. The molecule has 0 saturated carbocycles. The van der Waals surface area contributed by atoms with Gasteiger partial charge >= 0.3 is 0 Å². The van der Waals surface area contributed by atoms with Gasteiger partial charge in [-0.25, -0.2) is 0 Å². The molecule has 5 heteroatoms. The van der Waals surface area contributed by atoms with Crippen LogP contribution in [0, 0.1) is 0 Å². The summed E-state index contributed by atoms with van der Waals surface area (Å²) in [4.78, 5) is 29.1. The van der Waals surface area contributed by atoms with Gasteiger partial charge in [-0.2, -0.15) is 0 Å². The van der Waals surface area contributed by atoms with E-state index in [1.807, 2.05) is 41.3 Å². The minimum atomic E-state index is -0.344. The maximum atomic E-state index is 11.7. The first kappa shape index (κ1) is 14.3. The predicted octanol–water partition coefficient (Wildman–Crippen LogP) is 1.52. The summed E-state index contributed by atoms with van der Waals surface area (Å²) in [7, 11) is 0. The molecule has 1 aliphatic rings. The standard InChI is InChI=1S/C17H17N3O2/c1-12-17(22)19-16(21)11-20(12)15-4-2-13(3-5-15)10-14-6-8-18-9-7-14/h2-9,12H,10-11H2,1H3,(H,19,21,22). The number of carbonyl (C=O) groups excluding carboxylic acids is 2. The van der Waals surface area contributed by atoms with E-state index in [1.54, 1.807) is 19.3 Å². The third-order valence-corrected chi connectivity index (χ3v) is 3.85. The molecule has 112 valence electrons. The van der Waals surface area contributed by atoms with E-state index < -0.39 is 0 Å². The van der Waals surface area contributed by atoms with E-state index >= 15 is 0 Å². The molecule has 1 unspecified atom stereocenters. The zero-order chi connectivity index (χ0) is 15.5. The maximum Gasteiger partial charge on any atom is 0.249 e. The molecule has 2 heterocycles. The van der Waals surface area contributed by atoms with Gasteiger partial charge in [-0.1, -0.05) is 12.1 Å². The monoisotopic (exact) mass is 295 g/mol. The van der Waals surface area contributed by atoms with Gasteiger partial charge in [-0.15, -0.1) is 0 Å². The van der Waals surface area contributed by atoms with Gasteiger partial charge in [0.2, 0.25) is 11.8 Å². The largest absolute Gasteiger partial charge is 0.350 e. The smallest absolute Gasteiger partial charge is 0.249 e. The summed E-state index contributed by atoms with van der Waals surface area (Å²) < 4.78 is 0. The second-order valence-corrected chi connectivity index (χ2v) is 5.41. The highest BCUT2D eigenvalue weighted by Crippen LogP contribution is 2.20. The summed E-state index contributed by atoms with van der Waals surface area (Å²) in [5, 5.41) is 2.35. The Hall–Kier alpha value is -2.69. The number of nitrogens with one attached hydrogen (secondary N) is 1. The molecule has 1 fully saturated rings. The van der Waals surface area contributed by atoms with Crippen molar-refractivity contribution in [3.8, 4) is 0 Å². The van der Waals surface area contributed by atoms with E-state index in [4.69, 9.17) is 0 Å². The number of amides is 2. The van der Waals surface area contributed by atoms with Crippen LogP contribution in [0.5, 0.6) is 0 Å². The lowest BCUT2D eigenvalue weighted by atomic mass is 10.0. The molecule has 1 N–H and O–H groups in total. The van der Waals surface area contributed by atoms with Crippen molar-refractivity contribution < 1.29 is 9.59 Å². The van der Waals surface area contributed by atoms with E-state index in [9.17, 15) is 9.59 Å². The summed E-state index contributed by atoms with van der Waals surface area (Å²) in [6, 6.07) is 11.6. The van der Waals surface area contributed by atoms with Crippen LogP contribution in [0.15, 0.2) is 48.8 Å². The summed E-state index contributed by atoms with van der Waals surface area (Å²) in [6.07, 6.45) is 4.39. The molecular weight excluding hydrogens is 278 g/mol. The molecule has 1 atom stereocenters. The Morgan fingerprint density at radius 2 is 1.73 bits per heavy atom. The lowest BCUT2D eigenvalue weighted by Crippen LogP contribution is -2.57. The van der Waals surface area contributed by atoms with Crippen LogP contribution in [-0.2, 0) is 16.0 Å². The Morgan fingerprint density at radius 3 is 2.41 bits per heavy atom. The molecule has 2 amide bonds. The second-order valence-electron chi connectivity index (χ2n) is 5.41. The first-order chi connectivity index (χ1) is 10.6. The minimum Gasteiger partial charge on any atom is -0.350 e. The van der Waals surface area contributed by atoms with Crippen LogP contribution in [0.25, 0.3) is 0 Å². The van der Waals surface area contributed by atoms with Crippen LogP contribution in [0.3, 0.4) is 0 Å². The van der Waals surface area contributed by atoms with Crippen LogP contribution >= 0.6 is 0 Å². The highest BCUT2D eigenvalue weighted by Gasteiger charge is 2.30. The van der Waals surface area contributed by atoms with Gasteiger partial charge in [0.1, 0.15) is 6.04 Å². The topological polar surface area (TPSA) is 62.3 Å². The highest BCUT2D eigenvalue weighted by molar-refractivity contribution is 6.04. The van der Waals surface area contributed by atoms with E-state index in [0.29, 0.717) is 0 Å². The number of benzene rings is 1. The lowest BCUT2D eigenvalue weighted by Gasteiger charge is -2.33. The SMILES string of the molecule is CC1C(=O)NC(=O)CN1c1ccc(Cc2ccncc2)cc1. The van der Waals surface area contributed by atoms with Crippen LogP contribution in [0.2, 0.25) is 0 Å². The molecule has 5 nitrogen and oxygen atoms in total. The molecule has 22 heavy (non-hydrogen) atoms. The molecule has 1 aromatic carbocycles. The van der Waals surface area contributed by atoms with Crippen molar-refractivity contribution in [1.29, 1.82) is 0 Å². The van der Waals surface area contributed by atoms with Gasteiger partial charge in [0.05, 0.1) is 6.54 Å². The van der Waals surface area contributed by atoms with Crippen molar-refractivity contribution >= 4 is 17.5 Å². The zero-order valence-corrected chi connectivity index (χ0v) is 12.3. The number of nitrogens with zero attached hydrogens (tertiary/aromatic N) is 2. The fourth-order valence-electron chi connectivity index (χ4n) is 2.57. The predicted molar refractivity (Wildman–Crippen MR) is 83.4 cm³/mol. The maximum absolute atomic E-state index is 11.7. The van der Waals surface area contributed by atoms with Gasteiger partial charge in [-0.3, -0.25) is 19.9 Å². The Labute approximate surface area is 129 Å². The fourth-order valence-corrected chi connectivity index (χ4v) is 2.57. The number of pyridine rings is 1. The third kappa shape index (κ3) is 2.98. The Kier molecular flexibility index (Phi) is 3.87. The van der Waals surface area contributed by atoms with Gasteiger partial charge < -0.3 is 4.90 Å². The fraction of sp³-hybridized carbons (Fsp3) is 0.235. The average molecular weight is 295 g/mol. The number of hydrogen-bond acceptors (Lipinski definition) is 4. The van der Waals surface area contributed by atoms with Crippen molar-refractivity contribution in [1.82, 2.24) is 10.3 Å². The van der Waals surface area contributed by atoms with Gasteiger partial charge in [-0.05, 0) is 48.7 Å². The highest BCUT2D eigenvalue weighted by atomic mass is 16.2. The van der Waals surface area contributed by atoms with Crippen LogP contribution < -0.4 is 10.2 Å². The number of hydrogen-bond donors (Lipinski definition) is 1. The van der Waals surface area contributed by atoms with E-state index in [1.165, 1.54) is 11.1 Å². The molecular formula is C17H17N3O2. The van der Waals surface area contributed by atoms with E-state index in [2.05, 4.69) is 10.3 Å². The number of carbonyl (C=O) groups is 2. The number of piperazine rings is 1. The molecule has 0 aliphatic carbocycles. The summed E-state index contributed by atoms with van der Waals surface area (Å²) in [5.41, 5.74) is 3.26. The third-order valence-electron chi connectivity index (χ3n) is 3.85. The van der Waals surface area contributed by atoms with E-state index in [0.717, 1.165) is 12.1 Å². The normalized spacial score (nSPS) is 18.2. The molecule has 3 rings (SSSR count). The Balaban J connectivity index is 1.76. The molecule has 1 aliphatic heterocycles. The number of imide groups is 1. The molecule has 2 aromatic rings. The first-order valence-corrected chi connectivity index (χ1v) is 7.21. The molecule has 1 aromatic heterocycles. The average Bonchev–Trinajstić information content (AvgIpc) is 2.53. The molecule has 1 saturated heterocycles. The number of aromatic nitrogens is 1. The number of rotatable bonds is 3. The quantitative estimate of drug-likeness (QED) is 0.872. The van der Waals surface area contributed by atoms with Gasteiger partial charge in [0.25, 0.3) is 0 Å². The molecule has 0 bridgehead atoms. The lowest BCUT2D eigenvalue weighted by molar-refractivity contribution is -0.132. The van der Waals surface area contributed by atoms with Crippen molar-refractivity contribution in [3.05, 3.63) is 59.9 Å².